The highest BCUT2D eigenvalue weighted by atomic mass is 16.5. The van der Waals surface area contributed by atoms with Crippen molar-refractivity contribution < 1.29 is 19.4 Å². The average molecular weight is 258 g/mol. The fourth-order valence-corrected chi connectivity index (χ4v) is 2.04. The predicted molar refractivity (Wildman–Crippen MR) is 66.5 cm³/mol. The lowest BCUT2D eigenvalue weighted by Crippen LogP contribution is -2.50. The smallest absolute Gasteiger partial charge is 0.326 e. The molecule has 0 bridgehead atoms. The fraction of sp³-hybridized carbons (Fsp3) is 0.833. The highest BCUT2D eigenvalue weighted by molar-refractivity contribution is 5.82. The van der Waals surface area contributed by atoms with E-state index in [1.165, 1.54) is 0 Å². The minimum atomic E-state index is -0.991. The fourth-order valence-electron chi connectivity index (χ4n) is 2.04. The van der Waals surface area contributed by atoms with Crippen LogP contribution in [0.25, 0.3) is 0 Å². The molecule has 2 N–H and O–H groups in total. The monoisotopic (exact) mass is 258 g/mol. The second kappa shape index (κ2) is 7.20. The summed E-state index contributed by atoms with van der Waals surface area (Å²) in [6, 6.07) is -1.10. The van der Waals surface area contributed by atoms with E-state index >= 15 is 0 Å². The number of piperidine rings is 1. The third-order valence-corrected chi connectivity index (χ3v) is 3.14. The Morgan fingerprint density at radius 1 is 1.39 bits per heavy atom. The molecule has 1 aliphatic rings. The number of aliphatic carboxylic acids is 1. The van der Waals surface area contributed by atoms with Crippen LogP contribution in [0, 0.1) is 0 Å². The number of carbonyl (C=O) groups excluding carboxylic acids is 1. The first-order valence-electron chi connectivity index (χ1n) is 6.48. The van der Waals surface area contributed by atoms with E-state index in [-0.39, 0.29) is 12.1 Å². The number of urea groups is 1. The van der Waals surface area contributed by atoms with Gasteiger partial charge >= 0.3 is 12.0 Å². The van der Waals surface area contributed by atoms with Gasteiger partial charge in [0.15, 0.2) is 0 Å². The molecule has 2 amide bonds. The zero-order valence-electron chi connectivity index (χ0n) is 11.0. The molecule has 0 unspecified atom stereocenters. The molecule has 1 fully saturated rings. The lowest BCUT2D eigenvalue weighted by Gasteiger charge is -2.32. The molecular weight excluding hydrogens is 236 g/mol. The second-order valence-corrected chi connectivity index (χ2v) is 4.39. The summed E-state index contributed by atoms with van der Waals surface area (Å²) in [6.07, 6.45) is 2.23. The topological polar surface area (TPSA) is 78.9 Å². The van der Waals surface area contributed by atoms with Crippen LogP contribution >= 0.6 is 0 Å². The van der Waals surface area contributed by atoms with Crippen molar-refractivity contribution in [3.63, 3.8) is 0 Å². The van der Waals surface area contributed by atoms with Crippen molar-refractivity contribution in [3.05, 3.63) is 0 Å². The number of hydrogen-bond donors (Lipinski definition) is 2. The van der Waals surface area contributed by atoms with E-state index in [1.54, 1.807) is 11.8 Å². The van der Waals surface area contributed by atoms with Crippen molar-refractivity contribution in [2.45, 2.75) is 45.3 Å². The second-order valence-electron chi connectivity index (χ2n) is 4.39. The van der Waals surface area contributed by atoms with Gasteiger partial charge in [0.05, 0.1) is 6.10 Å². The van der Waals surface area contributed by atoms with Crippen LogP contribution < -0.4 is 5.32 Å². The molecule has 6 heteroatoms. The number of carbonyl (C=O) groups is 2. The van der Waals surface area contributed by atoms with Crippen molar-refractivity contribution in [2.75, 3.05) is 19.7 Å². The molecule has 0 aromatic heterocycles. The summed E-state index contributed by atoms with van der Waals surface area (Å²) in [6.45, 7) is 5.62. The molecule has 18 heavy (non-hydrogen) atoms. The predicted octanol–water partition coefficient (Wildman–Crippen LogP) is 1.06. The first kappa shape index (κ1) is 14.8. The van der Waals surface area contributed by atoms with Crippen LogP contribution in [0.15, 0.2) is 0 Å². The Balaban J connectivity index is 2.38. The molecule has 6 nitrogen and oxygen atoms in total. The molecule has 1 rings (SSSR count). The van der Waals surface area contributed by atoms with Gasteiger partial charge in [0.25, 0.3) is 0 Å². The van der Waals surface area contributed by atoms with E-state index in [1.807, 2.05) is 6.92 Å². The van der Waals surface area contributed by atoms with Crippen molar-refractivity contribution in [2.24, 2.45) is 0 Å². The molecule has 1 aliphatic heterocycles. The van der Waals surface area contributed by atoms with Crippen LogP contribution in [-0.2, 0) is 9.53 Å². The third-order valence-electron chi connectivity index (χ3n) is 3.14. The lowest BCUT2D eigenvalue weighted by atomic mass is 10.1. The number of carboxylic acids is 1. The van der Waals surface area contributed by atoms with Crippen LogP contribution in [0.5, 0.6) is 0 Å². The number of nitrogens with zero attached hydrogens (tertiary/aromatic N) is 1. The number of ether oxygens (including phenoxy) is 1. The summed E-state index contributed by atoms with van der Waals surface area (Å²) in [5.74, 6) is -0.991. The van der Waals surface area contributed by atoms with Gasteiger partial charge in [-0.2, -0.15) is 0 Å². The maximum atomic E-state index is 11.8. The molecule has 1 atom stereocenters. The first-order valence-corrected chi connectivity index (χ1v) is 6.48. The lowest BCUT2D eigenvalue weighted by molar-refractivity contribution is -0.139. The van der Waals surface area contributed by atoms with Crippen LogP contribution in [0.3, 0.4) is 0 Å². The van der Waals surface area contributed by atoms with Gasteiger partial charge in [-0.3, -0.25) is 0 Å². The van der Waals surface area contributed by atoms with Crippen molar-refractivity contribution in [1.82, 2.24) is 10.2 Å². The summed E-state index contributed by atoms with van der Waals surface area (Å²) in [4.78, 5) is 24.3. The number of nitrogens with one attached hydrogen (secondary N) is 1. The van der Waals surface area contributed by atoms with Gasteiger partial charge < -0.3 is 20.1 Å². The average Bonchev–Trinajstić information content (AvgIpc) is 2.36. The Hall–Kier alpha value is -1.30. The zero-order chi connectivity index (χ0) is 13.5. The molecular formula is C12H22N2O4. The molecule has 0 saturated carbocycles. The summed E-state index contributed by atoms with van der Waals surface area (Å²) in [5, 5.41) is 11.4. The Morgan fingerprint density at radius 3 is 2.44 bits per heavy atom. The number of carboxylic acid groups (broad SMARTS) is 1. The zero-order valence-corrected chi connectivity index (χ0v) is 11.0. The minimum Gasteiger partial charge on any atom is -0.480 e. The van der Waals surface area contributed by atoms with Gasteiger partial charge in [-0.05, 0) is 26.2 Å². The molecule has 1 saturated heterocycles. The van der Waals surface area contributed by atoms with E-state index in [2.05, 4.69) is 5.32 Å². The number of hydrogen-bond acceptors (Lipinski definition) is 3. The molecule has 0 spiro atoms. The SMILES string of the molecule is CCOC1CCN(C(=O)N[C@H](CC)C(=O)O)CC1. The Bertz CT molecular complexity index is 288. The van der Waals surface area contributed by atoms with Crippen molar-refractivity contribution >= 4 is 12.0 Å². The van der Waals surface area contributed by atoms with Gasteiger partial charge in [0.2, 0.25) is 0 Å². The van der Waals surface area contributed by atoms with Gasteiger partial charge in [-0.25, -0.2) is 9.59 Å². The maximum Gasteiger partial charge on any atom is 0.326 e. The van der Waals surface area contributed by atoms with E-state index in [4.69, 9.17) is 9.84 Å². The third kappa shape index (κ3) is 4.18. The number of rotatable bonds is 5. The Labute approximate surface area is 107 Å². The molecule has 0 aromatic rings. The Kier molecular flexibility index (Phi) is 5.91. The van der Waals surface area contributed by atoms with Gasteiger partial charge in [0.1, 0.15) is 6.04 Å². The van der Waals surface area contributed by atoms with E-state index < -0.39 is 12.0 Å². The van der Waals surface area contributed by atoms with E-state index in [0.717, 1.165) is 12.8 Å². The molecule has 0 radical (unpaired) electrons. The Morgan fingerprint density at radius 2 is 2.00 bits per heavy atom. The van der Waals surface area contributed by atoms with Gasteiger partial charge in [-0.15, -0.1) is 0 Å². The number of likely N-dealkylation sites (tertiary alicyclic amines) is 1. The molecule has 104 valence electrons. The van der Waals surface area contributed by atoms with Gasteiger partial charge in [-0.1, -0.05) is 6.92 Å². The largest absolute Gasteiger partial charge is 0.480 e. The summed E-state index contributed by atoms with van der Waals surface area (Å²) >= 11 is 0. The summed E-state index contributed by atoms with van der Waals surface area (Å²) < 4.78 is 5.50. The molecule has 1 heterocycles. The highest BCUT2D eigenvalue weighted by Crippen LogP contribution is 2.13. The summed E-state index contributed by atoms with van der Waals surface area (Å²) in [7, 11) is 0. The number of amides is 2. The highest BCUT2D eigenvalue weighted by Gasteiger charge is 2.25. The van der Waals surface area contributed by atoms with Crippen molar-refractivity contribution in [3.8, 4) is 0 Å². The van der Waals surface area contributed by atoms with Crippen LogP contribution in [0.4, 0.5) is 4.79 Å². The van der Waals surface area contributed by atoms with E-state index in [9.17, 15) is 9.59 Å². The standard InChI is InChI=1S/C12H22N2O4/c1-3-10(11(15)16)13-12(17)14-7-5-9(6-8-14)18-4-2/h9-10H,3-8H2,1-2H3,(H,13,17)(H,15,16)/t10-/m1/s1. The quantitative estimate of drug-likeness (QED) is 0.773. The first-order chi connectivity index (χ1) is 8.58. The normalized spacial score (nSPS) is 18.4. The van der Waals surface area contributed by atoms with Gasteiger partial charge in [0, 0.05) is 19.7 Å². The van der Waals surface area contributed by atoms with Crippen LogP contribution in [0.2, 0.25) is 0 Å². The van der Waals surface area contributed by atoms with Crippen LogP contribution in [-0.4, -0.2) is 53.8 Å². The van der Waals surface area contributed by atoms with Crippen molar-refractivity contribution in [1.29, 1.82) is 0 Å². The van der Waals surface area contributed by atoms with Crippen LogP contribution in [0.1, 0.15) is 33.1 Å². The van der Waals surface area contributed by atoms with E-state index in [0.29, 0.717) is 26.1 Å². The molecule has 0 aromatic carbocycles. The maximum absolute atomic E-state index is 11.8. The minimum absolute atomic E-state index is 0.223. The molecule has 0 aliphatic carbocycles. The summed E-state index contributed by atoms with van der Waals surface area (Å²) in [5.41, 5.74) is 0.